The van der Waals surface area contributed by atoms with Crippen molar-refractivity contribution >= 4 is 23.2 Å². The number of rotatable bonds is 6. The van der Waals surface area contributed by atoms with Crippen molar-refractivity contribution in [3.05, 3.63) is 21.9 Å². The lowest BCUT2D eigenvalue weighted by Crippen LogP contribution is -2.49. The molecule has 0 aliphatic carbocycles. The van der Waals surface area contributed by atoms with Gasteiger partial charge in [0.15, 0.2) is 0 Å². The van der Waals surface area contributed by atoms with Crippen LogP contribution < -0.4 is 11.1 Å². The number of thiophene rings is 1. The third kappa shape index (κ3) is 4.04. The average molecular weight is 309 g/mol. The maximum Gasteiger partial charge on any atom is 0.245 e. The summed E-state index contributed by atoms with van der Waals surface area (Å²) in [5, 5.41) is 4.90. The van der Waals surface area contributed by atoms with Crippen LogP contribution in [0.15, 0.2) is 11.4 Å². The molecule has 0 radical (unpaired) electrons. The molecule has 1 aliphatic rings. The highest BCUT2D eigenvalue weighted by Crippen LogP contribution is 2.24. The Labute approximate surface area is 129 Å². The summed E-state index contributed by atoms with van der Waals surface area (Å²) in [6, 6.07) is 1.66. The third-order valence-corrected chi connectivity index (χ3v) is 4.72. The van der Waals surface area contributed by atoms with Crippen molar-refractivity contribution in [1.82, 2.24) is 10.2 Å². The maximum atomic E-state index is 12.6. The lowest BCUT2D eigenvalue weighted by Gasteiger charge is -2.30. The van der Waals surface area contributed by atoms with E-state index in [1.807, 2.05) is 11.8 Å². The predicted molar refractivity (Wildman–Crippen MR) is 84.0 cm³/mol. The first-order valence-electron chi connectivity index (χ1n) is 7.49. The molecule has 0 fully saturated rings. The summed E-state index contributed by atoms with van der Waals surface area (Å²) in [6.07, 6.45) is 2.70. The topological polar surface area (TPSA) is 75.4 Å². The molecule has 1 aromatic heterocycles. The van der Waals surface area contributed by atoms with Gasteiger partial charge in [0.1, 0.15) is 6.04 Å². The standard InChI is InChI=1S/C15H23N3O2S/c1-2-3-12(17-14(19)4-7-16)15(20)18-8-5-13-11(10-18)6-9-21-13/h6,9,12H,2-5,7-8,10,16H2,1H3,(H,17,19). The van der Waals surface area contributed by atoms with Crippen LogP contribution in [0.2, 0.25) is 0 Å². The Bertz CT molecular complexity index is 501. The molecule has 0 aromatic carbocycles. The van der Waals surface area contributed by atoms with E-state index in [2.05, 4.69) is 16.8 Å². The summed E-state index contributed by atoms with van der Waals surface area (Å²) in [7, 11) is 0. The summed E-state index contributed by atoms with van der Waals surface area (Å²) in [5.74, 6) is -0.114. The van der Waals surface area contributed by atoms with Crippen molar-refractivity contribution in [3.63, 3.8) is 0 Å². The van der Waals surface area contributed by atoms with E-state index in [0.29, 0.717) is 19.5 Å². The molecule has 0 spiro atoms. The van der Waals surface area contributed by atoms with Crippen LogP contribution in [0, 0.1) is 0 Å². The average Bonchev–Trinajstić information content (AvgIpc) is 2.93. The number of fused-ring (bicyclic) bond motifs is 1. The molecular weight excluding hydrogens is 286 g/mol. The molecular formula is C15H23N3O2S. The SMILES string of the molecule is CCCC(NC(=O)CCN)C(=O)N1CCc2sccc2C1. The highest BCUT2D eigenvalue weighted by atomic mass is 32.1. The van der Waals surface area contributed by atoms with Crippen LogP contribution in [-0.2, 0) is 22.6 Å². The van der Waals surface area contributed by atoms with E-state index in [1.54, 1.807) is 11.3 Å². The molecule has 2 heterocycles. The van der Waals surface area contributed by atoms with Gasteiger partial charge in [-0.3, -0.25) is 9.59 Å². The van der Waals surface area contributed by atoms with E-state index in [1.165, 1.54) is 10.4 Å². The minimum atomic E-state index is -0.422. The summed E-state index contributed by atoms with van der Waals surface area (Å²) in [5.41, 5.74) is 6.62. The van der Waals surface area contributed by atoms with Crippen molar-refractivity contribution in [2.24, 2.45) is 5.73 Å². The molecule has 21 heavy (non-hydrogen) atoms. The van der Waals surface area contributed by atoms with Crippen LogP contribution in [0.25, 0.3) is 0 Å². The van der Waals surface area contributed by atoms with Crippen molar-refractivity contribution in [2.45, 2.75) is 45.2 Å². The second kappa shape index (κ2) is 7.56. The summed E-state index contributed by atoms with van der Waals surface area (Å²) < 4.78 is 0. The zero-order valence-electron chi connectivity index (χ0n) is 12.4. The molecule has 2 rings (SSSR count). The van der Waals surface area contributed by atoms with Gasteiger partial charge in [-0.25, -0.2) is 0 Å². The van der Waals surface area contributed by atoms with E-state index in [0.717, 1.165) is 19.4 Å². The van der Waals surface area contributed by atoms with E-state index < -0.39 is 6.04 Å². The van der Waals surface area contributed by atoms with Crippen LogP contribution in [-0.4, -0.2) is 35.8 Å². The van der Waals surface area contributed by atoms with Crippen LogP contribution in [0.4, 0.5) is 0 Å². The minimum absolute atomic E-state index is 0.0269. The predicted octanol–water partition coefficient (Wildman–Crippen LogP) is 1.27. The minimum Gasteiger partial charge on any atom is -0.344 e. The highest BCUT2D eigenvalue weighted by Gasteiger charge is 2.28. The second-order valence-corrected chi connectivity index (χ2v) is 6.33. The molecule has 1 unspecified atom stereocenters. The number of carbonyl (C=O) groups is 2. The third-order valence-electron chi connectivity index (χ3n) is 3.70. The molecule has 1 atom stereocenters. The largest absolute Gasteiger partial charge is 0.344 e. The monoisotopic (exact) mass is 309 g/mol. The molecule has 1 aliphatic heterocycles. The lowest BCUT2D eigenvalue weighted by molar-refractivity contribution is -0.137. The van der Waals surface area contributed by atoms with Gasteiger partial charge in [0.25, 0.3) is 0 Å². The van der Waals surface area contributed by atoms with Gasteiger partial charge in [0, 0.05) is 30.9 Å². The van der Waals surface area contributed by atoms with Crippen molar-refractivity contribution < 1.29 is 9.59 Å². The summed E-state index contributed by atoms with van der Waals surface area (Å²) in [4.78, 5) is 27.6. The first-order valence-corrected chi connectivity index (χ1v) is 8.37. The molecule has 5 nitrogen and oxygen atoms in total. The Balaban J connectivity index is 2.00. The van der Waals surface area contributed by atoms with Gasteiger partial charge in [-0.05, 0) is 29.9 Å². The van der Waals surface area contributed by atoms with Gasteiger partial charge in [-0.1, -0.05) is 13.3 Å². The zero-order chi connectivity index (χ0) is 15.2. The second-order valence-electron chi connectivity index (χ2n) is 5.33. The fourth-order valence-electron chi connectivity index (χ4n) is 2.60. The molecule has 116 valence electrons. The molecule has 3 N–H and O–H groups in total. The van der Waals surface area contributed by atoms with E-state index in [-0.39, 0.29) is 18.2 Å². The molecule has 0 saturated carbocycles. The Hall–Kier alpha value is -1.40. The first-order chi connectivity index (χ1) is 10.2. The molecule has 6 heteroatoms. The number of nitrogens with two attached hydrogens (primary N) is 1. The summed E-state index contributed by atoms with van der Waals surface area (Å²) >= 11 is 1.75. The van der Waals surface area contributed by atoms with E-state index in [4.69, 9.17) is 5.73 Å². The van der Waals surface area contributed by atoms with E-state index in [9.17, 15) is 9.59 Å². The van der Waals surface area contributed by atoms with Crippen molar-refractivity contribution in [2.75, 3.05) is 13.1 Å². The Morgan fingerprint density at radius 3 is 3.05 bits per heavy atom. The number of nitrogens with zero attached hydrogens (tertiary/aromatic N) is 1. The molecule has 0 bridgehead atoms. The first kappa shape index (κ1) is 16.0. The van der Waals surface area contributed by atoms with Gasteiger partial charge < -0.3 is 16.0 Å². The fraction of sp³-hybridized carbons (Fsp3) is 0.600. The fourth-order valence-corrected chi connectivity index (χ4v) is 3.49. The molecule has 0 saturated heterocycles. The number of amides is 2. The Morgan fingerprint density at radius 1 is 1.52 bits per heavy atom. The van der Waals surface area contributed by atoms with Gasteiger partial charge in [0.2, 0.25) is 11.8 Å². The highest BCUT2D eigenvalue weighted by molar-refractivity contribution is 7.10. The van der Waals surface area contributed by atoms with Crippen LogP contribution >= 0.6 is 11.3 Å². The normalized spacial score (nSPS) is 15.4. The Morgan fingerprint density at radius 2 is 2.33 bits per heavy atom. The smallest absolute Gasteiger partial charge is 0.245 e. The van der Waals surface area contributed by atoms with Crippen LogP contribution in [0.5, 0.6) is 0 Å². The van der Waals surface area contributed by atoms with Gasteiger partial charge in [0.05, 0.1) is 0 Å². The van der Waals surface area contributed by atoms with Gasteiger partial charge in [-0.15, -0.1) is 11.3 Å². The lowest BCUT2D eigenvalue weighted by atomic mass is 10.1. The van der Waals surface area contributed by atoms with Crippen LogP contribution in [0.3, 0.4) is 0 Å². The molecule has 2 amide bonds. The zero-order valence-corrected chi connectivity index (χ0v) is 13.2. The molecule has 1 aromatic rings. The van der Waals surface area contributed by atoms with Crippen LogP contribution in [0.1, 0.15) is 36.6 Å². The van der Waals surface area contributed by atoms with Crippen molar-refractivity contribution in [3.8, 4) is 0 Å². The number of hydrogen-bond acceptors (Lipinski definition) is 4. The maximum absolute atomic E-state index is 12.6. The number of hydrogen-bond donors (Lipinski definition) is 2. The van der Waals surface area contributed by atoms with Gasteiger partial charge in [-0.2, -0.15) is 0 Å². The number of carbonyl (C=O) groups excluding carboxylic acids is 2. The summed E-state index contributed by atoms with van der Waals surface area (Å²) in [6.45, 7) is 3.72. The van der Waals surface area contributed by atoms with Crippen molar-refractivity contribution in [1.29, 1.82) is 0 Å². The van der Waals surface area contributed by atoms with E-state index >= 15 is 0 Å². The Kier molecular flexibility index (Phi) is 5.76. The van der Waals surface area contributed by atoms with Gasteiger partial charge >= 0.3 is 0 Å². The number of nitrogens with one attached hydrogen (secondary N) is 1. The quantitative estimate of drug-likeness (QED) is 0.831.